The van der Waals surface area contributed by atoms with Gasteiger partial charge in [0.05, 0.1) is 25.1 Å². The number of ether oxygens (including phenoxy) is 2. The van der Waals surface area contributed by atoms with E-state index in [2.05, 4.69) is 30.2 Å². The third-order valence-corrected chi connectivity index (χ3v) is 13.6. The molecule has 15 heteroatoms. The van der Waals surface area contributed by atoms with Gasteiger partial charge in [0.2, 0.25) is 11.8 Å². The van der Waals surface area contributed by atoms with Gasteiger partial charge in [0.15, 0.2) is 5.69 Å². The molecule has 6 fully saturated rings. The number of aromatic nitrogens is 4. The molecule has 2 aromatic heterocycles. The van der Waals surface area contributed by atoms with Gasteiger partial charge in [-0.15, -0.1) is 0 Å². The molecule has 7 aliphatic rings. The molecule has 2 aliphatic heterocycles. The number of amides is 1. The number of hydrogen-bond donors (Lipinski definition) is 2. The molecule has 1 saturated heterocycles. The summed E-state index contributed by atoms with van der Waals surface area (Å²) in [6.07, 6.45) is 9.30. The fraction of sp³-hybridized carbons (Fsp3) is 0.600. The van der Waals surface area contributed by atoms with E-state index in [0.717, 1.165) is 87.7 Å². The Kier molecular flexibility index (Phi) is 8.83. The van der Waals surface area contributed by atoms with Gasteiger partial charge in [-0.1, -0.05) is 19.3 Å². The van der Waals surface area contributed by atoms with Crippen molar-refractivity contribution in [3.63, 3.8) is 0 Å². The molecule has 0 radical (unpaired) electrons. The standard InChI is InChI=1S/C40H46F3N7O5/c1-54-33-21-44-32(20-45-33)49-11-7-27(8-12-49)55-28-5-6-31-30(18-28)38(9-3-2-4-10-38)22-50(31)37-46-19-29(34(47-37)40(41,42)43)35(51)48-39(36(52)53)25-14-23-13-24(16-25)17-26(39)15-23/h5-6,18-21,23-27H,2-4,7-17,22H2,1H3,(H,48,51)(H,52,53). The summed E-state index contributed by atoms with van der Waals surface area (Å²) in [5.74, 6) is -0.279. The molecule has 5 aliphatic carbocycles. The minimum atomic E-state index is -4.98. The first kappa shape index (κ1) is 36.0. The third-order valence-electron chi connectivity index (χ3n) is 13.6. The lowest BCUT2D eigenvalue weighted by molar-refractivity contribution is -0.163. The highest BCUT2D eigenvalue weighted by Gasteiger charge is 2.62. The number of carbonyl (C=O) groups excluding carboxylic acids is 1. The van der Waals surface area contributed by atoms with Crippen LogP contribution in [0.25, 0.3) is 0 Å². The van der Waals surface area contributed by atoms with Gasteiger partial charge in [0.1, 0.15) is 23.2 Å². The zero-order valence-electron chi connectivity index (χ0n) is 30.9. The highest BCUT2D eigenvalue weighted by Crippen LogP contribution is 2.59. The zero-order valence-corrected chi connectivity index (χ0v) is 30.9. The molecule has 12 nitrogen and oxygen atoms in total. The normalized spacial score (nSPS) is 28.3. The van der Waals surface area contributed by atoms with Crippen LogP contribution >= 0.6 is 0 Å². The lowest BCUT2D eigenvalue weighted by Gasteiger charge is -2.59. The van der Waals surface area contributed by atoms with Crippen LogP contribution in [0.1, 0.15) is 98.7 Å². The Hall–Kier alpha value is -4.69. The van der Waals surface area contributed by atoms with Crippen molar-refractivity contribution < 1.29 is 37.3 Å². The Morgan fingerprint density at radius 3 is 2.25 bits per heavy atom. The van der Waals surface area contributed by atoms with Crippen LogP contribution in [0, 0.1) is 23.7 Å². The van der Waals surface area contributed by atoms with Gasteiger partial charge in [-0.25, -0.2) is 24.7 Å². The monoisotopic (exact) mass is 761 g/mol. The molecule has 55 heavy (non-hydrogen) atoms. The van der Waals surface area contributed by atoms with E-state index in [1.54, 1.807) is 24.4 Å². The molecule has 0 atom stereocenters. The van der Waals surface area contributed by atoms with Gasteiger partial charge in [-0.05, 0) is 92.4 Å². The second kappa shape index (κ2) is 13.5. The summed E-state index contributed by atoms with van der Waals surface area (Å²) in [5, 5.41) is 13.2. The van der Waals surface area contributed by atoms with Crippen molar-refractivity contribution in [1.82, 2.24) is 25.3 Å². The van der Waals surface area contributed by atoms with Gasteiger partial charge in [0, 0.05) is 49.8 Å². The molecule has 4 heterocycles. The van der Waals surface area contributed by atoms with Gasteiger partial charge in [-0.3, -0.25) is 4.79 Å². The van der Waals surface area contributed by atoms with E-state index in [-0.39, 0.29) is 29.3 Å². The van der Waals surface area contributed by atoms with Crippen molar-refractivity contribution in [2.24, 2.45) is 23.7 Å². The van der Waals surface area contributed by atoms with Crippen LogP contribution in [0.5, 0.6) is 11.6 Å². The van der Waals surface area contributed by atoms with Crippen LogP contribution < -0.4 is 24.6 Å². The number of carboxylic acid groups (broad SMARTS) is 1. The molecule has 10 rings (SSSR count). The number of alkyl halides is 3. The fourth-order valence-corrected chi connectivity index (χ4v) is 11.2. The minimum Gasteiger partial charge on any atom is -0.490 e. The molecule has 1 amide bonds. The number of rotatable bonds is 8. The van der Waals surface area contributed by atoms with Crippen molar-refractivity contribution in [3.05, 3.63) is 53.6 Å². The first-order chi connectivity index (χ1) is 26.5. The van der Waals surface area contributed by atoms with E-state index in [1.807, 2.05) is 18.2 Å². The summed E-state index contributed by atoms with van der Waals surface area (Å²) >= 11 is 0. The molecule has 1 aromatic carbocycles. The fourth-order valence-electron chi connectivity index (χ4n) is 11.2. The molecule has 4 bridgehead atoms. The molecule has 0 unspecified atom stereocenters. The maximum Gasteiger partial charge on any atom is 0.434 e. The van der Waals surface area contributed by atoms with E-state index in [9.17, 15) is 27.9 Å². The van der Waals surface area contributed by atoms with Crippen LogP contribution in [0.2, 0.25) is 0 Å². The lowest BCUT2D eigenvalue weighted by atomic mass is 9.48. The van der Waals surface area contributed by atoms with Crippen LogP contribution in [0.15, 0.2) is 36.8 Å². The van der Waals surface area contributed by atoms with Crippen molar-refractivity contribution in [2.75, 3.05) is 36.5 Å². The van der Waals surface area contributed by atoms with E-state index in [1.165, 1.54) is 0 Å². The molecule has 2 N–H and O–H groups in total. The largest absolute Gasteiger partial charge is 0.490 e. The van der Waals surface area contributed by atoms with Crippen molar-refractivity contribution in [3.8, 4) is 11.6 Å². The van der Waals surface area contributed by atoms with Crippen LogP contribution in [-0.4, -0.2) is 75.3 Å². The number of piperidine rings is 1. The summed E-state index contributed by atoms with van der Waals surface area (Å²) in [6, 6.07) is 5.79. The van der Waals surface area contributed by atoms with E-state index in [4.69, 9.17) is 9.47 Å². The Balaban J connectivity index is 0.970. The number of anilines is 3. The Labute approximate surface area is 317 Å². The van der Waals surface area contributed by atoms with E-state index in [0.29, 0.717) is 55.7 Å². The summed E-state index contributed by atoms with van der Waals surface area (Å²) in [4.78, 5) is 47.8. The van der Waals surface area contributed by atoms with E-state index < -0.39 is 34.8 Å². The Morgan fingerprint density at radius 2 is 1.64 bits per heavy atom. The second-order valence-corrected chi connectivity index (χ2v) is 16.7. The van der Waals surface area contributed by atoms with Crippen LogP contribution in [-0.2, 0) is 16.4 Å². The predicted molar refractivity (Wildman–Crippen MR) is 195 cm³/mol. The van der Waals surface area contributed by atoms with Crippen molar-refractivity contribution >= 4 is 29.3 Å². The molecule has 292 valence electrons. The van der Waals surface area contributed by atoms with Gasteiger partial charge < -0.3 is 29.7 Å². The number of hydrogen-bond acceptors (Lipinski definition) is 10. The number of carboxylic acids is 1. The SMILES string of the molecule is COc1cnc(N2CCC(Oc3ccc4c(c3)C3(CCCCC3)CN4c3ncc(C(=O)NC4(C(=O)O)C5CC6CC(C5)CC4C6)c(C(F)(F)F)n3)CC2)cn1. The maximum absolute atomic E-state index is 14.8. The minimum absolute atomic E-state index is 0.0178. The molecular weight excluding hydrogens is 715 g/mol. The van der Waals surface area contributed by atoms with Crippen LogP contribution in [0.3, 0.4) is 0 Å². The molecular formula is C40H46F3N7O5. The number of methoxy groups -OCH3 is 1. The Morgan fingerprint density at radius 1 is 0.927 bits per heavy atom. The van der Waals surface area contributed by atoms with Gasteiger partial charge in [-0.2, -0.15) is 13.2 Å². The lowest BCUT2D eigenvalue weighted by Crippen LogP contribution is -2.70. The molecule has 5 saturated carbocycles. The number of halogens is 3. The quantitative estimate of drug-likeness (QED) is 0.253. The first-order valence-corrected chi connectivity index (χ1v) is 19.7. The number of aliphatic carboxylic acids is 1. The molecule has 1 spiro atoms. The number of benzene rings is 1. The van der Waals surface area contributed by atoms with Crippen molar-refractivity contribution in [1.29, 1.82) is 0 Å². The second-order valence-electron chi connectivity index (χ2n) is 16.7. The first-order valence-electron chi connectivity index (χ1n) is 19.7. The summed E-state index contributed by atoms with van der Waals surface area (Å²) < 4.78 is 56.2. The zero-order chi connectivity index (χ0) is 38.1. The van der Waals surface area contributed by atoms with Crippen LogP contribution in [0.4, 0.5) is 30.6 Å². The number of fused-ring (bicyclic) bond motifs is 2. The third kappa shape index (κ3) is 6.21. The number of nitrogens with one attached hydrogen (secondary N) is 1. The van der Waals surface area contributed by atoms with Gasteiger partial charge in [0.25, 0.3) is 5.91 Å². The molecule has 3 aromatic rings. The average molecular weight is 762 g/mol. The Bertz CT molecular complexity index is 1930. The highest BCUT2D eigenvalue weighted by molar-refractivity contribution is 5.99. The number of nitrogens with zero attached hydrogens (tertiary/aromatic N) is 6. The van der Waals surface area contributed by atoms with E-state index >= 15 is 0 Å². The van der Waals surface area contributed by atoms with Gasteiger partial charge >= 0.3 is 12.1 Å². The smallest absolute Gasteiger partial charge is 0.434 e. The average Bonchev–Trinajstić information content (AvgIpc) is 3.48. The number of carbonyl (C=O) groups is 2. The topological polar surface area (TPSA) is 143 Å². The summed E-state index contributed by atoms with van der Waals surface area (Å²) in [5.41, 5.74) is -2.29. The predicted octanol–water partition coefficient (Wildman–Crippen LogP) is 6.70. The maximum atomic E-state index is 14.8. The highest BCUT2D eigenvalue weighted by atomic mass is 19.4. The van der Waals surface area contributed by atoms with Crippen molar-refractivity contribution in [2.45, 2.75) is 100 Å². The summed E-state index contributed by atoms with van der Waals surface area (Å²) in [7, 11) is 1.55. The summed E-state index contributed by atoms with van der Waals surface area (Å²) in [6.45, 7) is 1.91.